The standard InChI is InChI=1S/C40H72N6/c1-3-5-7-12-22-41-28-18-30-43-24-14-16-26-45-35-37-32-38(34-40(33-37)39-20-10-9-11-21-39)36-46-27-17-15-25-44-31-19-29-42-23-13-8-6-4-2/h9-11,20-21,32-34,41-46H,3-8,12-19,22-31,35-36H2,1-2H3. The van der Waals surface area contributed by atoms with E-state index in [1.807, 2.05) is 0 Å². The number of hydrogen-bond donors (Lipinski definition) is 6. The third kappa shape index (κ3) is 22.7. The van der Waals surface area contributed by atoms with Gasteiger partial charge in [-0.05, 0) is 151 Å². The number of nitrogens with one attached hydrogen (secondary N) is 6. The first-order valence-corrected chi connectivity index (χ1v) is 19.3. The van der Waals surface area contributed by atoms with Crippen LogP contribution >= 0.6 is 0 Å². The number of benzene rings is 2. The molecule has 0 heterocycles. The molecule has 0 aliphatic carbocycles. The second-order valence-electron chi connectivity index (χ2n) is 13.0. The molecule has 2 aromatic rings. The van der Waals surface area contributed by atoms with E-state index in [1.165, 1.54) is 125 Å². The maximum absolute atomic E-state index is 3.70. The highest BCUT2D eigenvalue weighted by molar-refractivity contribution is 5.65. The van der Waals surface area contributed by atoms with Crippen molar-refractivity contribution >= 4 is 0 Å². The lowest BCUT2D eigenvalue weighted by Crippen LogP contribution is -2.24. The summed E-state index contributed by atoms with van der Waals surface area (Å²) >= 11 is 0. The smallest absolute Gasteiger partial charge is 0.0205 e. The summed E-state index contributed by atoms with van der Waals surface area (Å²) < 4.78 is 0. The van der Waals surface area contributed by atoms with Crippen LogP contribution in [0.1, 0.15) is 115 Å². The number of unbranched alkanes of at least 4 members (excludes halogenated alkanes) is 8. The largest absolute Gasteiger partial charge is 0.317 e. The highest BCUT2D eigenvalue weighted by atomic mass is 14.9. The predicted octanol–water partition coefficient (Wildman–Crippen LogP) is 7.39. The van der Waals surface area contributed by atoms with Crippen LogP contribution in [0.4, 0.5) is 0 Å². The fraction of sp³-hybridized carbons (Fsp3) is 0.700. The number of rotatable bonds is 33. The Bertz CT molecular complexity index is 869. The average molecular weight is 637 g/mol. The molecule has 6 nitrogen and oxygen atoms in total. The lowest BCUT2D eigenvalue weighted by Gasteiger charge is -2.12. The fourth-order valence-electron chi connectivity index (χ4n) is 5.76. The minimum Gasteiger partial charge on any atom is -0.317 e. The molecular weight excluding hydrogens is 564 g/mol. The maximum atomic E-state index is 3.70. The lowest BCUT2D eigenvalue weighted by atomic mass is 9.99. The molecule has 0 saturated carbocycles. The van der Waals surface area contributed by atoms with Gasteiger partial charge < -0.3 is 31.9 Å². The van der Waals surface area contributed by atoms with Crippen molar-refractivity contribution in [3.05, 3.63) is 59.7 Å². The summed E-state index contributed by atoms with van der Waals surface area (Å²) in [5.41, 5.74) is 5.35. The van der Waals surface area contributed by atoms with Crippen LogP contribution in [0.2, 0.25) is 0 Å². The fourth-order valence-corrected chi connectivity index (χ4v) is 5.76. The molecule has 0 radical (unpaired) electrons. The maximum Gasteiger partial charge on any atom is 0.0205 e. The molecular formula is C40H72N6. The Hall–Kier alpha value is -1.80. The van der Waals surface area contributed by atoms with E-state index < -0.39 is 0 Å². The van der Waals surface area contributed by atoms with Gasteiger partial charge in [0.1, 0.15) is 0 Å². The van der Waals surface area contributed by atoms with E-state index >= 15 is 0 Å². The third-order valence-electron chi connectivity index (χ3n) is 8.56. The average Bonchev–Trinajstić information content (AvgIpc) is 3.08. The highest BCUT2D eigenvalue weighted by Gasteiger charge is 2.04. The molecule has 0 saturated heterocycles. The third-order valence-corrected chi connectivity index (χ3v) is 8.56. The first kappa shape index (κ1) is 40.4. The minimum atomic E-state index is 0.922. The van der Waals surface area contributed by atoms with Crippen LogP contribution in [-0.4, -0.2) is 65.4 Å². The lowest BCUT2D eigenvalue weighted by molar-refractivity contribution is 0.546. The van der Waals surface area contributed by atoms with Crippen molar-refractivity contribution in [2.24, 2.45) is 0 Å². The Balaban J connectivity index is 1.55. The van der Waals surface area contributed by atoms with Gasteiger partial charge in [-0.1, -0.05) is 88.8 Å². The second-order valence-corrected chi connectivity index (χ2v) is 13.0. The molecule has 0 spiro atoms. The Morgan fingerprint density at radius 1 is 0.348 bits per heavy atom. The zero-order chi connectivity index (χ0) is 32.6. The summed E-state index contributed by atoms with van der Waals surface area (Å²) in [6, 6.07) is 17.9. The molecule has 46 heavy (non-hydrogen) atoms. The summed E-state index contributed by atoms with van der Waals surface area (Å²) in [7, 11) is 0. The molecule has 6 heteroatoms. The van der Waals surface area contributed by atoms with Gasteiger partial charge in [0.2, 0.25) is 0 Å². The molecule has 0 unspecified atom stereocenters. The van der Waals surface area contributed by atoms with E-state index in [-0.39, 0.29) is 0 Å². The van der Waals surface area contributed by atoms with Gasteiger partial charge in [0, 0.05) is 13.1 Å². The van der Waals surface area contributed by atoms with Crippen molar-refractivity contribution in [3.63, 3.8) is 0 Å². The van der Waals surface area contributed by atoms with Gasteiger partial charge >= 0.3 is 0 Å². The molecule has 0 bridgehead atoms. The molecule has 6 N–H and O–H groups in total. The van der Waals surface area contributed by atoms with Crippen molar-refractivity contribution in [2.45, 2.75) is 117 Å². The molecule has 262 valence electrons. The van der Waals surface area contributed by atoms with Crippen LogP contribution in [0.15, 0.2) is 48.5 Å². The number of hydrogen-bond acceptors (Lipinski definition) is 6. The van der Waals surface area contributed by atoms with Gasteiger partial charge in [-0.25, -0.2) is 0 Å². The van der Waals surface area contributed by atoms with Gasteiger partial charge in [-0.15, -0.1) is 0 Å². The van der Waals surface area contributed by atoms with Gasteiger partial charge in [0.05, 0.1) is 0 Å². The molecule has 0 atom stereocenters. The summed E-state index contributed by atoms with van der Waals surface area (Å²) in [6.45, 7) is 17.6. The van der Waals surface area contributed by atoms with Crippen LogP contribution < -0.4 is 31.9 Å². The molecule has 0 amide bonds. The summed E-state index contributed by atoms with van der Waals surface area (Å²) in [6.07, 6.45) is 18.0. The van der Waals surface area contributed by atoms with Crippen LogP contribution in [0.25, 0.3) is 11.1 Å². The zero-order valence-corrected chi connectivity index (χ0v) is 30.0. The van der Waals surface area contributed by atoms with Crippen LogP contribution in [0.3, 0.4) is 0 Å². The molecule has 0 aromatic heterocycles. The van der Waals surface area contributed by atoms with E-state index in [4.69, 9.17) is 0 Å². The van der Waals surface area contributed by atoms with Crippen molar-refractivity contribution in [3.8, 4) is 11.1 Å². The SMILES string of the molecule is CCCCCCNCCCNCCCCNCc1cc(CNCCCCNCCCNCCCCCC)cc(-c2ccccc2)c1. The van der Waals surface area contributed by atoms with E-state index in [0.717, 1.165) is 65.4 Å². The summed E-state index contributed by atoms with van der Waals surface area (Å²) in [4.78, 5) is 0. The van der Waals surface area contributed by atoms with E-state index in [9.17, 15) is 0 Å². The van der Waals surface area contributed by atoms with Gasteiger partial charge in [0.25, 0.3) is 0 Å². The van der Waals surface area contributed by atoms with E-state index in [1.54, 1.807) is 0 Å². The van der Waals surface area contributed by atoms with E-state index in [2.05, 4.69) is 94.3 Å². The molecule has 0 fully saturated rings. The first-order valence-electron chi connectivity index (χ1n) is 19.3. The minimum absolute atomic E-state index is 0.922. The highest BCUT2D eigenvalue weighted by Crippen LogP contribution is 2.22. The first-order chi connectivity index (χ1) is 22.8. The normalized spacial score (nSPS) is 11.4. The van der Waals surface area contributed by atoms with Gasteiger partial charge in [-0.2, -0.15) is 0 Å². The van der Waals surface area contributed by atoms with Crippen molar-refractivity contribution < 1.29 is 0 Å². The summed E-state index contributed by atoms with van der Waals surface area (Å²) in [5, 5.41) is 21.8. The Labute approximate surface area is 284 Å². The molecule has 0 aliphatic rings. The Kier molecular flexibility index (Phi) is 26.8. The van der Waals surface area contributed by atoms with Gasteiger partial charge in [0.15, 0.2) is 0 Å². The second kappa shape index (κ2) is 30.5. The molecule has 2 rings (SSSR count). The Morgan fingerprint density at radius 3 is 1.13 bits per heavy atom. The summed E-state index contributed by atoms with van der Waals surface area (Å²) in [5.74, 6) is 0. The molecule has 0 aliphatic heterocycles. The van der Waals surface area contributed by atoms with Gasteiger partial charge in [-0.3, -0.25) is 0 Å². The predicted molar refractivity (Wildman–Crippen MR) is 203 cm³/mol. The van der Waals surface area contributed by atoms with E-state index in [0.29, 0.717) is 0 Å². The monoisotopic (exact) mass is 637 g/mol. The van der Waals surface area contributed by atoms with Crippen molar-refractivity contribution in [1.29, 1.82) is 0 Å². The van der Waals surface area contributed by atoms with Crippen LogP contribution in [0.5, 0.6) is 0 Å². The Morgan fingerprint density at radius 2 is 0.717 bits per heavy atom. The van der Waals surface area contributed by atoms with Crippen molar-refractivity contribution in [1.82, 2.24) is 31.9 Å². The zero-order valence-electron chi connectivity index (χ0n) is 30.0. The quantitative estimate of drug-likeness (QED) is 0.0459. The van der Waals surface area contributed by atoms with Crippen LogP contribution in [0, 0.1) is 0 Å². The topological polar surface area (TPSA) is 72.2 Å². The molecule has 2 aromatic carbocycles. The van der Waals surface area contributed by atoms with Crippen LogP contribution in [-0.2, 0) is 13.1 Å². The van der Waals surface area contributed by atoms with Crippen molar-refractivity contribution in [2.75, 3.05) is 65.4 Å².